The molecule has 0 saturated heterocycles. The Bertz CT molecular complexity index is 1640. The number of aromatic nitrogens is 1. The summed E-state index contributed by atoms with van der Waals surface area (Å²) in [5.74, 6) is -0.354. The van der Waals surface area contributed by atoms with E-state index in [1.807, 2.05) is 72.8 Å². The van der Waals surface area contributed by atoms with Crippen LogP contribution in [0.3, 0.4) is 0 Å². The van der Waals surface area contributed by atoms with Crippen LogP contribution in [0, 0.1) is 0 Å². The smallest absolute Gasteiger partial charge is 0.338 e. The van der Waals surface area contributed by atoms with E-state index in [0.29, 0.717) is 24.3 Å². The average Bonchev–Trinajstić information content (AvgIpc) is 3.42. The number of carbonyl (C=O) groups is 2. The highest BCUT2D eigenvalue weighted by Crippen LogP contribution is 2.25. The van der Waals surface area contributed by atoms with Crippen molar-refractivity contribution in [2.75, 3.05) is 6.61 Å². The van der Waals surface area contributed by atoms with Crippen LogP contribution in [-0.2, 0) is 11.3 Å². The number of hydrogen-bond acceptors (Lipinski definition) is 3. The molecule has 0 radical (unpaired) electrons. The molecule has 5 heteroatoms. The lowest BCUT2D eigenvalue weighted by Gasteiger charge is -2.17. The Morgan fingerprint density at radius 1 is 0.805 bits per heavy atom. The molecule has 5 rings (SSSR count). The summed E-state index contributed by atoms with van der Waals surface area (Å²) in [5.41, 5.74) is 6.56. The summed E-state index contributed by atoms with van der Waals surface area (Å²) in [7, 11) is 0. The molecule has 1 N–H and O–H groups in total. The third-order valence-corrected chi connectivity index (χ3v) is 7.39. The molecule has 0 spiro atoms. The topological polar surface area (TPSA) is 60.3 Å². The molecule has 0 aliphatic heterocycles. The Hall–Kier alpha value is -4.64. The van der Waals surface area contributed by atoms with E-state index in [4.69, 9.17) is 4.74 Å². The lowest BCUT2D eigenvalue weighted by molar-refractivity contribution is 0.0499. The molecule has 0 aliphatic carbocycles. The normalized spacial score (nSPS) is 11.8. The minimum Gasteiger partial charge on any atom is -0.462 e. The van der Waals surface area contributed by atoms with Gasteiger partial charge in [-0.25, -0.2) is 4.79 Å². The summed E-state index contributed by atoms with van der Waals surface area (Å²) in [5, 5.41) is 4.21. The van der Waals surface area contributed by atoms with Crippen LogP contribution < -0.4 is 5.32 Å². The van der Waals surface area contributed by atoms with Gasteiger partial charge < -0.3 is 14.6 Å². The van der Waals surface area contributed by atoms with Gasteiger partial charge in [0.05, 0.1) is 18.2 Å². The fraction of sp³-hybridized carbons (Fsp3) is 0.222. The largest absolute Gasteiger partial charge is 0.462 e. The lowest BCUT2D eigenvalue weighted by Crippen LogP contribution is -2.28. The van der Waals surface area contributed by atoms with E-state index in [1.54, 1.807) is 6.07 Å². The Labute approximate surface area is 241 Å². The first-order valence-corrected chi connectivity index (χ1v) is 14.4. The summed E-state index contributed by atoms with van der Waals surface area (Å²) >= 11 is 0. The van der Waals surface area contributed by atoms with Crippen molar-refractivity contribution in [2.45, 2.75) is 45.7 Å². The van der Waals surface area contributed by atoms with E-state index in [9.17, 15) is 9.59 Å². The minimum atomic E-state index is -0.284. The number of unbranched alkanes of at least 4 members (excludes halogenated alkanes) is 1. The maximum absolute atomic E-state index is 13.1. The number of fused-ring (bicyclic) bond motifs is 1. The van der Waals surface area contributed by atoms with Crippen LogP contribution in [0.2, 0.25) is 0 Å². The monoisotopic (exact) mass is 544 g/mol. The first kappa shape index (κ1) is 27.9. The molecule has 208 valence electrons. The maximum atomic E-state index is 13.1. The zero-order valence-electron chi connectivity index (χ0n) is 23.7. The average molecular weight is 545 g/mol. The van der Waals surface area contributed by atoms with Crippen molar-refractivity contribution >= 4 is 22.8 Å². The molecule has 0 saturated carbocycles. The van der Waals surface area contributed by atoms with Crippen molar-refractivity contribution in [3.8, 4) is 11.1 Å². The van der Waals surface area contributed by atoms with Crippen molar-refractivity contribution < 1.29 is 14.3 Å². The molecular weight excluding hydrogens is 508 g/mol. The maximum Gasteiger partial charge on any atom is 0.338 e. The van der Waals surface area contributed by atoms with Gasteiger partial charge in [0.2, 0.25) is 0 Å². The van der Waals surface area contributed by atoms with E-state index < -0.39 is 0 Å². The third kappa shape index (κ3) is 6.75. The SMILES string of the molecule is CCCCOC(=O)c1cccc(-c2cccc(Cn3ccc4cc(C(=O)NC(CC)c5ccccc5)ccc43)c2)c1. The molecule has 41 heavy (non-hydrogen) atoms. The standard InChI is InChI=1S/C36H36N2O3/c1-3-5-21-41-36(40)32-16-10-15-29(23-32)28-14-9-11-26(22-28)25-38-20-19-30-24-31(17-18-34(30)38)35(39)37-33(4-2)27-12-7-6-8-13-27/h6-20,22-24,33H,3-5,21,25H2,1-2H3,(H,37,39). The van der Waals surface area contributed by atoms with Gasteiger partial charge in [0.1, 0.15) is 0 Å². The van der Waals surface area contributed by atoms with Gasteiger partial charge in [-0.2, -0.15) is 0 Å². The minimum absolute atomic E-state index is 0.0244. The van der Waals surface area contributed by atoms with E-state index >= 15 is 0 Å². The van der Waals surface area contributed by atoms with Crippen molar-refractivity contribution in [3.63, 3.8) is 0 Å². The van der Waals surface area contributed by atoms with Crippen LogP contribution in [0.25, 0.3) is 22.0 Å². The van der Waals surface area contributed by atoms with Gasteiger partial charge in [-0.15, -0.1) is 0 Å². The molecule has 1 heterocycles. The third-order valence-electron chi connectivity index (χ3n) is 7.39. The fourth-order valence-electron chi connectivity index (χ4n) is 5.09. The van der Waals surface area contributed by atoms with Gasteiger partial charge in [-0.3, -0.25) is 4.79 Å². The van der Waals surface area contributed by atoms with Crippen LogP contribution >= 0.6 is 0 Å². The molecule has 1 unspecified atom stereocenters. The number of rotatable bonds is 11. The number of amides is 1. The molecular formula is C36H36N2O3. The number of hydrogen-bond donors (Lipinski definition) is 1. The molecule has 0 aliphatic rings. The predicted octanol–water partition coefficient (Wildman–Crippen LogP) is 8.19. The van der Waals surface area contributed by atoms with E-state index in [2.05, 4.69) is 54.2 Å². The number of esters is 1. The molecule has 1 aromatic heterocycles. The van der Waals surface area contributed by atoms with Gasteiger partial charge >= 0.3 is 5.97 Å². The molecule has 0 fully saturated rings. The summed E-state index contributed by atoms with van der Waals surface area (Å²) in [6.45, 7) is 5.28. The molecule has 5 aromatic rings. The van der Waals surface area contributed by atoms with E-state index in [1.165, 1.54) is 0 Å². The number of ether oxygens (including phenoxy) is 1. The van der Waals surface area contributed by atoms with Crippen LogP contribution in [0.5, 0.6) is 0 Å². The first-order valence-electron chi connectivity index (χ1n) is 14.4. The second kappa shape index (κ2) is 13.1. The van der Waals surface area contributed by atoms with Crippen LogP contribution in [-0.4, -0.2) is 23.1 Å². The number of nitrogens with one attached hydrogen (secondary N) is 1. The van der Waals surface area contributed by atoms with E-state index in [-0.39, 0.29) is 17.9 Å². The Morgan fingerprint density at radius 2 is 1.59 bits per heavy atom. The van der Waals surface area contributed by atoms with Crippen LogP contribution in [0.4, 0.5) is 0 Å². The zero-order chi connectivity index (χ0) is 28.6. The first-order chi connectivity index (χ1) is 20.1. The Morgan fingerprint density at radius 3 is 2.37 bits per heavy atom. The van der Waals surface area contributed by atoms with Gasteiger partial charge in [-0.1, -0.05) is 80.9 Å². The molecule has 4 aromatic carbocycles. The van der Waals surface area contributed by atoms with Gasteiger partial charge in [-0.05, 0) is 77.6 Å². The molecule has 1 atom stereocenters. The Balaban J connectivity index is 1.30. The van der Waals surface area contributed by atoms with Crippen LogP contribution in [0.15, 0.2) is 109 Å². The van der Waals surface area contributed by atoms with Crippen molar-refractivity contribution in [2.24, 2.45) is 0 Å². The Kier molecular flexibility index (Phi) is 8.95. The number of benzene rings is 4. The van der Waals surface area contributed by atoms with Gasteiger partial charge in [0.25, 0.3) is 5.91 Å². The van der Waals surface area contributed by atoms with Gasteiger partial charge in [0, 0.05) is 29.2 Å². The summed E-state index contributed by atoms with van der Waals surface area (Å²) in [6, 6.07) is 33.9. The highest BCUT2D eigenvalue weighted by molar-refractivity contribution is 5.98. The zero-order valence-corrected chi connectivity index (χ0v) is 23.7. The second-order valence-corrected chi connectivity index (χ2v) is 10.3. The lowest BCUT2D eigenvalue weighted by atomic mass is 10.0. The highest BCUT2D eigenvalue weighted by Gasteiger charge is 2.15. The quantitative estimate of drug-likeness (QED) is 0.135. The number of nitrogens with zero attached hydrogens (tertiary/aromatic N) is 1. The van der Waals surface area contributed by atoms with Crippen molar-refractivity contribution in [3.05, 3.63) is 132 Å². The van der Waals surface area contributed by atoms with Gasteiger partial charge in [0.15, 0.2) is 0 Å². The summed E-state index contributed by atoms with van der Waals surface area (Å²) in [6.07, 6.45) is 4.73. The summed E-state index contributed by atoms with van der Waals surface area (Å²) in [4.78, 5) is 25.5. The highest BCUT2D eigenvalue weighted by atomic mass is 16.5. The molecule has 0 bridgehead atoms. The van der Waals surface area contributed by atoms with Crippen LogP contribution in [0.1, 0.15) is 71.0 Å². The second-order valence-electron chi connectivity index (χ2n) is 10.3. The number of carbonyl (C=O) groups excluding carboxylic acids is 2. The van der Waals surface area contributed by atoms with Crippen molar-refractivity contribution in [1.82, 2.24) is 9.88 Å². The predicted molar refractivity (Wildman–Crippen MR) is 165 cm³/mol. The molecule has 1 amide bonds. The van der Waals surface area contributed by atoms with E-state index in [0.717, 1.165) is 52.4 Å². The summed E-state index contributed by atoms with van der Waals surface area (Å²) < 4.78 is 7.59. The fourth-order valence-corrected chi connectivity index (χ4v) is 5.09. The van der Waals surface area contributed by atoms with Crippen molar-refractivity contribution in [1.29, 1.82) is 0 Å². The molecule has 5 nitrogen and oxygen atoms in total.